The van der Waals surface area contributed by atoms with Crippen LogP contribution in [0.2, 0.25) is 0 Å². The number of rotatable bonds is 3. The van der Waals surface area contributed by atoms with Gasteiger partial charge < -0.3 is 10.5 Å². The number of anilines is 1. The van der Waals surface area contributed by atoms with Crippen LogP contribution in [0.1, 0.15) is 5.56 Å². The van der Waals surface area contributed by atoms with E-state index in [1.807, 2.05) is 43.5 Å². The molecule has 0 fully saturated rings. The summed E-state index contributed by atoms with van der Waals surface area (Å²) < 4.78 is 5.69. The summed E-state index contributed by atoms with van der Waals surface area (Å²) in [6.45, 7) is 1.93. The second-order valence-corrected chi connectivity index (χ2v) is 4.55. The quantitative estimate of drug-likeness (QED) is 0.842. The molecular formula is C13H14N2OS. The van der Waals surface area contributed by atoms with E-state index in [4.69, 9.17) is 10.5 Å². The summed E-state index contributed by atoms with van der Waals surface area (Å²) in [5.74, 6) is 1.37. The number of nitrogen functional groups attached to an aromatic ring is 1. The van der Waals surface area contributed by atoms with Crippen molar-refractivity contribution in [1.82, 2.24) is 4.98 Å². The molecule has 0 aliphatic heterocycles. The number of pyridine rings is 1. The van der Waals surface area contributed by atoms with E-state index in [-0.39, 0.29) is 0 Å². The van der Waals surface area contributed by atoms with Crippen LogP contribution in [0.4, 0.5) is 5.69 Å². The fourth-order valence-electron chi connectivity index (χ4n) is 1.45. The summed E-state index contributed by atoms with van der Waals surface area (Å²) in [4.78, 5) is 5.37. The first-order valence-corrected chi connectivity index (χ1v) is 6.45. The highest BCUT2D eigenvalue weighted by molar-refractivity contribution is 7.98. The largest absolute Gasteiger partial charge is 0.439 e. The Labute approximate surface area is 105 Å². The Balaban J connectivity index is 2.19. The van der Waals surface area contributed by atoms with Gasteiger partial charge in [-0.05, 0) is 43.5 Å². The summed E-state index contributed by atoms with van der Waals surface area (Å²) in [5.41, 5.74) is 7.21. The molecule has 2 N–H and O–H groups in total. The Kier molecular flexibility index (Phi) is 3.54. The molecule has 0 saturated heterocycles. The van der Waals surface area contributed by atoms with Gasteiger partial charge in [-0.1, -0.05) is 0 Å². The second kappa shape index (κ2) is 5.10. The molecule has 3 nitrogen and oxygen atoms in total. The van der Waals surface area contributed by atoms with Crippen LogP contribution in [0.5, 0.6) is 11.6 Å². The summed E-state index contributed by atoms with van der Waals surface area (Å²) >= 11 is 1.70. The lowest BCUT2D eigenvalue weighted by atomic mass is 10.3. The van der Waals surface area contributed by atoms with Crippen LogP contribution in [0.3, 0.4) is 0 Å². The van der Waals surface area contributed by atoms with Gasteiger partial charge in [-0.15, -0.1) is 11.8 Å². The Morgan fingerprint density at radius 2 is 1.94 bits per heavy atom. The van der Waals surface area contributed by atoms with Crippen molar-refractivity contribution in [3.05, 3.63) is 42.1 Å². The average molecular weight is 246 g/mol. The van der Waals surface area contributed by atoms with Gasteiger partial charge in [0.1, 0.15) is 5.75 Å². The normalized spacial score (nSPS) is 10.2. The molecule has 0 aliphatic carbocycles. The molecule has 4 heteroatoms. The molecule has 88 valence electrons. The van der Waals surface area contributed by atoms with Crippen molar-refractivity contribution in [2.45, 2.75) is 11.8 Å². The van der Waals surface area contributed by atoms with Gasteiger partial charge in [-0.25, -0.2) is 4.98 Å². The average Bonchev–Trinajstić information content (AvgIpc) is 2.34. The van der Waals surface area contributed by atoms with E-state index < -0.39 is 0 Å². The third kappa shape index (κ3) is 2.91. The number of nitrogens with zero attached hydrogens (tertiary/aromatic N) is 1. The number of hydrogen-bond acceptors (Lipinski definition) is 4. The highest BCUT2D eigenvalue weighted by Gasteiger charge is 2.03. The van der Waals surface area contributed by atoms with Crippen LogP contribution < -0.4 is 10.5 Å². The third-order valence-corrected chi connectivity index (χ3v) is 3.07. The molecule has 0 unspecified atom stereocenters. The monoisotopic (exact) mass is 246 g/mol. The first-order chi connectivity index (χ1) is 8.19. The zero-order valence-corrected chi connectivity index (χ0v) is 10.6. The minimum atomic E-state index is 0.594. The minimum Gasteiger partial charge on any atom is -0.439 e. The van der Waals surface area contributed by atoms with Crippen LogP contribution in [0.25, 0.3) is 0 Å². The molecule has 0 saturated carbocycles. The Bertz CT molecular complexity index is 511. The third-order valence-electron chi connectivity index (χ3n) is 2.33. The van der Waals surface area contributed by atoms with Crippen molar-refractivity contribution in [1.29, 1.82) is 0 Å². The Morgan fingerprint density at radius 3 is 2.53 bits per heavy atom. The van der Waals surface area contributed by atoms with Gasteiger partial charge >= 0.3 is 0 Å². The Hall–Kier alpha value is -1.68. The number of hydrogen-bond donors (Lipinski definition) is 1. The van der Waals surface area contributed by atoms with Crippen molar-refractivity contribution in [2.75, 3.05) is 12.0 Å². The maximum absolute atomic E-state index is 5.69. The Morgan fingerprint density at radius 1 is 1.24 bits per heavy atom. The molecule has 0 atom stereocenters. The lowest BCUT2D eigenvalue weighted by molar-refractivity contribution is 0.459. The second-order valence-electron chi connectivity index (χ2n) is 3.67. The molecule has 17 heavy (non-hydrogen) atoms. The van der Waals surface area contributed by atoms with Crippen molar-refractivity contribution >= 4 is 17.4 Å². The minimum absolute atomic E-state index is 0.594. The molecular weight excluding hydrogens is 232 g/mol. The number of nitrogens with two attached hydrogens (primary N) is 1. The van der Waals surface area contributed by atoms with Crippen LogP contribution in [0, 0.1) is 6.92 Å². The number of ether oxygens (including phenoxy) is 1. The molecule has 0 bridgehead atoms. The van der Waals surface area contributed by atoms with Gasteiger partial charge in [-0.2, -0.15) is 0 Å². The summed E-state index contributed by atoms with van der Waals surface area (Å²) in [5, 5.41) is 0. The summed E-state index contributed by atoms with van der Waals surface area (Å²) in [7, 11) is 0. The summed E-state index contributed by atoms with van der Waals surface area (Å²) in [6.07, 6.45) is 3.64. The number of aryl methyl sites for hydroxylation is 1. The van der Waals surface area contributed by atoms with Gasteiger partial charge in [0.2, 0.25) is 5.88 Å². The van der Waals surface area contributed by atoms with Gasteiger partial charge in [-0.3, -0.25) is 0 Å². The van der Waals surface area contributed by atoms with E-state index >= 15 is 0 Å². The van der Waals surface area contributed by atoms with E-state index in [0.717, 1.165) is 11.3 Å². The lowest BCUT2D eigenvalue weighted by Crippen LogP contribution is -1.94. The van der Waals surface area contributed by atoms with E-state index in [1.165, 1.54) is 4.90 Å². The standard InChI is InChI=1S/C13H14N2OS/c1-9-7-10(14)8-15-13(9)16-11-3-5-12(17-2)6-4-11/h3-8H,14H2,1-2H3. The van der Waals surface area contributed by atoms with Crippen molar-refractivity contribution in [2.24, 2.45) is 0 Å². The SMILES string of the molecule is CSc1ccc(Oc2ncc(N)cc2C)cc1. The van der Waals surface area contributed by atoms with E-state index in [1.54, 1.807) is 18.0 Å². The van der Waals surface area contributed by atoms with Crippen molar-refractivity contribution < 1.29 is 4.74 Å². The first-order valence-electron chi connectivity index (χ1n) is 5.23. The zero-order chi connectivity index (χ0) is 12.3. The number of thioether (sulfide) groups is 1. The smallest absolute Gasteiger partial charge is 0.222 e. The van der Waals surface area contributed by atoms with Crippen LogP contribution in [-0.2, 0) is 0 Å². The summed E-state index contributed by atoms with van der Waals surface area (Å²) in [6, 6.07) is 9.75. The molecule has 2 rings (SSSR count). The number of benzene rings is 1. The molecule has 2 aromatic rings. The molecule has 0 amide bonds. The van der Waals surface area contributed by atoms with Crippen LogP contribution in [0.15, 0.2) is 41.4 Å². The first kappa shape index (κ1) is 11.8. The van der Waals surface area contributed by atoms with Gasteiger partial charge in [0, 0.05) is 10.5 Å². The molecule has 0 radical (unpaired) electrons. The molecule has 1 aromatic heterocycles. The highest BCUT2D eigenvalue weighted by atomic mass is 32.2. The zero-order valence-electron chi connectivity index (χ0n) is 9.81. The van der Waals surface area contributed by atoms with E-state index in [0.29, 0.717) is 11.6 Å². The molecule has 1 aromatic carbocycles. The maximum atomic E-state index is 5.69. The van der Waals surface area contributed by atoms with Crippen molar-refractivity contribution in [3.63, 3.8) is 0 Å². The van der Waals surface area contributed by atoms with Gasteiger partial charge in [0.15, 0.2) is 0 Å². The van der Waals surface area contributed by atoms with E-state index in [2.05, 4.69) is 4.98 Å². The highest BCUT2D eigenvalue weighted by Crippen LogP contribution is 2.25. The van der Waals surface area contributed by atoms with Gasteiger partial charge in [0.05, 0.1) is 11.9 Å². The fraction of sp³-hybridized carbons (Fsp3) is 0.154. The van der Waals surface area contributed by atoms with E-state index in [9.17, 15) is 0 Å². The van der Waals surface area contributed by atoms with Crippen molar-refractivity contribution in [3.8, 4) is 11.6 Å². The predicted molar refractivity (Wildman–Crippen MR) is 71.7 cm³/mol. The molecule has 0 aliphatic rings. The maximum Gasteiger partial charge on any atom is 0.222 e. The van der Waals surface area contributed by atoms with Crippen LogP contribution in [-0.4, -0.2) is 11.2 Å². The van der Waals surface area contributed by atoms with Gasteiger partial charge in [0.25, 0.3) is 0 Å². The lowest BCUT2D eigenvalue weighted by Gasteiger charge is -2.08. The molecule has 1 heterocycles. The predicted octanol–water partition coefficient (Wildman–Crippen LogP) is 3.49. The van der Waals surface area contributed by atoms with Crippen LogP contribution >= 0.6 is 11.8 Å². The topological polar surface area (TPSA) is 48.1 Å². The molecule has 0 spiro atoms. The fourth-order valence-corrected chi connectivity index (χ4v) is 1.85. The number of aromatic nitrogens is 1.